The van der Waals surface area contributed by atoms with Crippen LogP contribution in [0.1, 0.15) is 25.5 Å². The van der Waals surface area contributed by atoms with Crippen molar-refractivity contribution in [3.05, 3.63) is 24.8 Å². The standard InChI is InChI=1S/C11H15I2NO2/c1-11(2,5-15)10(14)6-3-7(12)9(16)8(13)4-6/h3-4,10,15-16H,5,14H2,1-2H3/t10-/m0/s1. The minimum absolute atomic E-state index is 0.0300. The topological polar surface area (TPSA) is 66.5 Å². The van der Waals surface area contributed by atoms with Crippen LogP contribution < -0.4 is 5.73 Å². The molecule has 90 valence electrons. The zero-order valence-corrected chi connectivity index (χ0v) is 13.5. The van der Waals surface area contributed by atoms with E-state index in [0.717, 1.165) is 12.7 Å². The average Bonchev–Trinajstić information content (AvgIpc) is 2.24. The molecule has 0 aliphatic heterocycles. The van der Waals surface area contributed by atoms with E-state index in [1.54, 1.807) is 0 Å². The molecule has 0 amide bonds. The van der Waals surface area contributed by atoms with Crippen LogP contribution in [0.2, 0.25) is 0 Å². The number of aliphatic hydroxyl groups is 1. The maximum Gasteiger partial charge on any atom is 0.142 e. The van der Waals surface area contributed by atoms with Crippen molar-refractivity contribution in [3.8, 4) is 5.75 Å². The van der Waals surface area contributed by atoms with Crippen molar-refractivity contribution in [2.75, 3.05) is 6.61 Å². The molecular weight excluding hydrogens is 432 g/mol. The van der Waals surface area contributed by atoms with E-state index < -0.39 is 0 Å². The predicted molar refractivity (Wildman–Crippen MR) is 81.3 cm³/mol. The second-order valence-electron chi connectivity index (χ2n) is 4.46. The van der Waals surface area contributed by atoms with Gasteiger partial charge in [0.05, 0.1) is 7.14 Å². The second-order valence-corrected chi connectivity index (χ2v) is 6.78. The third-order valence-corrected chi connectivity index (χ3v) is 4.29. The van der Waals surface area contributed by atoms with Crippen LogP contribution in [0.3, 0.4) is 0 Å². The molecule has 0 saturated heterocycles. The van der Waals surface area contributed by atoms with E-state index in [1.807, 2.05) is 26.0 Å². The summed E-state index contributed by atoms with van der Waals surface area (Å²) in [6.45, 7) is 3.87. The summed E-state index contributed by atoms with van der Waals surface area (Å²) in [7, 11) is 0. The molecule has 3 nitrogen and oxygen atoms in total. The molecule has 1 aromatic carbocycles. The van der Waals surface area contributed by atoms with Crippen molar-refractivity contribution in [1.29, 1.82) is 0 Å². The van der Waals surface area contributed by atoms with Gasteiger partial charge >= 0.3 is 0 Å². The first-order valence-corrected chi connectivity index (χ1v) is 6.99. The fourth-order valence-electron chi connectivity index (χ4n) is 1.31. The Hall–Kier alpha value is 0.400. The molecule has 1 rings (SSSR count). The summed E-state index contributed by atoms with van der Waals surface area (Å²) in [5.41, 5.74) is 6.69. The summed E-state index contributed by atoms with van der Waals surface area (Å²) in [5.74, 6) is 0.291. The molecule has 4 N–H and O–H groups in total. The minimum Gasteiger partial charge on any atom is -0.506 e. The molecule has 0 saturated carbocycles. The van der Waals surface area contributed by atoms with Crippen molar-refractivity contribution in [3.63, 3.8) is 0 Å². The third-order valence-electron chi connectivity index (χ3n) is 2.65. The fourth-order valence-corrected chi connectivity index (χ4v) is 3.13. The number of hydrogen-bond acceptors (Lipinski definition) is 3. The number of phenolic OH excluding ortho intramolecular Hbond substituents is 1. The van der Waals surface area contributed by atoms with Crippen LogP contribution in [-0.2, 0) is 0 Å². The SMILES string of the molecule is CC(C)(CO)[C@@H](N)c1cc(I)c(O)c(I)c1. The highest BCUT2D eigenvalue weighted by Crippen LogP contribution is 2.35. The molecule has 0 aromatic heterocycles. The minimum atomic E-state index is -0.372. The Labute approximate surface area is 123 Å². The van der Waals surface area contributed by atoms with Gasteiger partial charge in [-0.1, -0.05) is 13.8 Å². The Bertz CT molecular complexity index is 371. The molecule has 0 unspecified atom stereocenters. The van der Waals surface area contributed by atoms with Crippen LogP contribution in [0, 0.1) is 12.6 Å². The lowest BCUT2D eigenvalue weighted by Crippen LogP contribution is -2.32. The van der Waals surface area contributed by atoms with Gasteiger partial charge in [-0.15, -0.1) is 0 Å². The van der Waals surface area contributed by atoms with Gasteiger partial charge in [-0.05, 0) is 62.9 Å². The molecule has 0 spiro atoms. The Morgan fingerprint density at radius 2 is 1.75 bits per heavy atom. The Balaban J connectivity index is 3.15. The van der Waals surface area contributed by atoms with Crippen molar-refractivity contribution in [1.82, 2.24) is 0 Å². The van der Waals surface area contributed by atoms with Crippen LogP contribution in [0.15, 0.2) is 12.1 Å². The highest BCUT2D eigenvalue weighted by atomic mass is 127. The maximum atomic E-state index is 9.67. The molecule has 0 heterocycles. The van der Waals surface area contributed by atoms with Crippen LogP contribution in [0.5, 0.6) is 5.75 Å². The highest BCUT2D eigenvalue weighted by molar-refractivity contribution is 14.1. The number of rotatable bonds is 3. The van der Waals surface area contributed by atoms with Gasteiger partial charge in [0.1, 0.15) is 5.75 Å². The summed E-state index contributed by atoms with van der Waals surface area (Å²) in [6, 6.07) is 3.47. The van der Waals surface area contributed by atoms with Crippen molar-refractivity contribution in [2.24, 2.45) is 11.1 Å². The van der Waals surface area contributed by atoms with E-state index >= 15 is 0 Å². The summed E-state index contributed by atoms with van der Waals surface area (Å²) in [6.07, 6.45) is 0. The van der Waals surface area contributed by atoms with Gasteiger partial charge in [-0.3, -0.25) is 0 Å². The fraction of sp³-hybridized carbons (Fsp3) is 0.455. The molecule has 16 heavy (non-hydrogen) atoms. The lowest BCUT2D eigenvalue weighted by Gasteiger charge is -2.30. The van der Waals surface area contributed by atoms with Crippen LogP contribution >= 0.6 is 45.2 Å². The van der Waals surface area contributed by atoms with E-state index in [2.05, 4.69) is 45.2 Å². The number of benzene rings is 1. The van der Waals surface area contributed by atoms with Gasteiger partial charge in [0, 0.05) is 18.1 Å². The quantitative estimate of drug-likeness (QED) is 0.625. The lowest BCUT2D eigenvalue weighted by molar-refractivity contribution is 0.132. The summed E-state index contributed by atoms with van der Waals surface area (Å²) < 4.78 is 1.56. The summed E-state index contributed by atoms with van der Waals surface area (Å²) >= 11 is 4.15. The van der Waals surface area contributed by atoms with Gasteiger partial charge in [-0.2, -0.15) is 0 Å². The van der Waals surface area contributed by atoms with E-state index in [9.17, 15) is 10.2 Å². The molecule has 1 aromatic rings. The smallest absolute Gasteiger partial charge is 0.142 e. The number of aromatic hydroxyl groups is 1. The number of nitrogens with two attached hydrogens (primary N) is 1. The predicted octanol–water partition coefficient (Wildman–Crippen LogP) is 2.62. The Kier molecular flexibility index (Phi) is 4.85. The average molecular weight is 447 g/mol. The zero-order chi connectivity index (χ0) is 12.5. The summed E-state index contributed by atoms with van der Waals surface area (Å²) in [5, 5.41) is 19.0. The summed E-state index contributed by atoms with van der Waals surface area (Å²) in [4.78, 5) is 0. The molecule has 0 aliphatic rings. The lowest BCUT2D eigenvalue weighted by atomic mass is 9.82. The number of phenols is 1. The molecule has 5 heteroatoms. The van der Waals surface area contributed by atoms with Crippen molar-refractivity contribution < 1.29 is 10.2 Å². The zero-order valence-electron chi connectivity index (χ0n) is 9.17. The van der Waals surface area contributed by atoms with Crippen LogP contribution in [-0.4, -0.2) is 16.8 Å². The van der Waals surface area contributed by atoms with E-state index in [-0.39, 0.29) is 18.1 Å². The first kappa shape index (κ1) is 14.5. The first-order valence-electron chi connectivity index (χ1n) is 4.84. The van der Waals surface area contributed by atoms with Gasteiger partial charge in [0.15, 0.2) is 0 Å². The normalized spacial score (nSPS) is 13.9. The Morgan fingerprint density at radius 3 is 2.12 bits per heavy atom. The number of aliphatic hydroxyl groups excluding tert-OH is 1. The second kappa shape index (κ2) is 5.36. The third kappa shape index (κ3) is 2.99. The molecular formula is C11H15I2NO2. The Morgan fingerprint density at radius 1 is 1.31 bits per heavy atom. The molecule has 0 fully saturated rings. The number of hydrogen-bond donors (Lipinski definition) is 3. The maximum absolute atomic E-state index is 9.67. The molecule has 0 bridgehead atoms. The molecule has 1 atom stereocenters. The van der Waals surface area contributed by atoms with Gasteiger partial charge < -0.3 is 15.9 Å². The molecule has 0 aliphatic carbocycles. The van der Waals surface area contributed by atoms with Crippen molar-refractivity contribution >= 4 is 45.2 Å². The van der Waals surface area contributed by atoms with Crippen molar-refractivity contribution in [2.45, 2.75) is 19.9 Å². The van der Waals surface area contributed by atoms with Crippen LogP contribution in [0.25, 0.3) is 0 Å². The van der Waals surface area contributed by atoms with E-state index in [1.165, 1.54) is 0 Å². The van der Waals surface area contributed by atoms with Crippen LogP contribution in [0.4, 0.5) is 0 Å². The van der Waals surface area contributed by atoms with Gasteiger partial charge in [0.2, 0.25) is 0 Å². The monoisotopic (exact) mass is 447 g/mol. The first-order chi connectivity index (χ1) is 7.29. The van der Waals surface area contributed by atoms with E-state index in [4.69, 9.17) is 5.73 Å². The highest BCUT2D eigenvalue weighted by Gasteiger charge is 2.27. The largest absolute Gasteiger partial charge is 0.506 e. The van der Waals surface area contributed by atoms with Gasteiger partial charge in [-0.25, -0.2) is 0 Å². The van der Waals surface area contributed by atoms with E-state index in [0.29, 0.717) is 5.75 Å². The molecule has 0 radical (unpaired) electrons. The number of halogens is 2. The van der Waals surface area contributed by atoms with Gasteiger partial charge in [0.25, 0.3) is 0 Å².